The second-order valence-corrected chi connectivity index (χ2v) is 5.75. The van der Waals surface area contributed by atoms with Crippen LogP contribution >= 0.6 is 27.5 Å². The summed E-state index contributed by atoms with van der Waals surface area (Å²) in [6.07, 6.45) is 4.26. The van der Waals surface area contributed by atoms with E-state index in [9.17, 15) is 4.39 Å². The summed E-state index contributed by atoms with van der Waals surface area (Å²) < 4.78 is 13.4. The van der Waals surface area contributed by atoms with Crippen LogP contribution in [-0.2, 0) is 0 Å². The van der Waals surface area contributed by atoms with Crippen LogP contribution in [0.1, 0.15) is 39.0 Å². The molecule has 0 N–H and O–H groups in total. The maximum absolute atomic E-state index is 13.4. The van der Waals surface area contributed by atoms with Gasteiger partial charge < -0.3 is 0 Å². The van der Waals surface area contributed by atoms with Crippen molar-refractivity contribution in [1.82, 2.24) is 0 Å². The summed E-state index contributed by atoms with van der Waals surface area (Å²) in [6.45, 7) is 2.18. The molecule has 1 saturated carbocycles. The van der Waals surface area contributed by atoms with Gasteiger partial charge in [-0.25, -0.2) is 4.39 Å². The maximum Gasteiger partial charge on any atom is 0.113 e. The molecule has 1 rings (SSSR count). The van der Waals surface area contributed by atoms with Crippen molar-refractivity contribution in [2.24, 2.45) is 11.8 Å². The third-order valence-electron chi connectivity index (χ3n) is 3.41. The highest BCUT2D eigenvalue weighted by Crippen LogP contribution is 2.34. The van der Waals surface area contributed by atoms with E-state index in [4.69, 9.17) is 11.6 Å². The Balaban J connectivity index is 2.48. The quantitative estimate of drug-likeness (QED) is 0.527. The normalized spacial score (nSPS) is 36.4. The van der Waals surface area contributed by atoms with Crippen LogP contribution in [0, 0.1) is 11.8 Å². The van der Waals surface area contributed by atoms with Crippen molar-refractivity contribution in [3.8, 4) is 0 Å². The Morgan fingerprint density at radius 3 is 2.57 bits per heavy atom. The average Bonchev–Trinajstić information content (AvgIpc) is 2.35. The van der Waals surface area contributed by atoms with Crippen LogP contribution in [0.15, 0.2) is 0 Å². The molecule has 0 saturated heterocycles. The van der Waals surface area contributed by atoms with E-state index in [1.165, 1.54) is 0 Å². The number of alkyl halides is 3. The van der Waals surface area contributed by atoms with Crippen molar-refractivity contribution in [2.75, 3.05) is 5.88 Å². The zero-order chi connectivity index (χ0) is 10.6. The fourth-order valence-corrected chi connectivity index (χ4v) is 3.29. The molecule has 14 heavy (non-hydrogen) atoms. The molecule has 0 bridgehead atoms. The van der Waals surface area contributed by atoms with Crippen molar-refractivity contribution in [1.29, 1.82) is 0 Å². The summed E-state index contributed by atoms with van der Waals surface area (Å²) in [5.74, 6) is 1.95. The first-order valence-electron chi connectivity index (χ1n) is 5.53. The number of rotatable bonds is 3. The van der Waals surface area contributed by atoms with Gasteiger partial charge in [-0.2, -0.15) is 0 Å². The Morgan fingerprint density at radius 2 is 2.00 bits per heavy atom. The van der Waals surface area contributed by atoms with Crippen LogP contribution in [0.2, 0.25) is 0 Å². The highest BCUT2D eigenvalue weighted by molar-refractivity contribution is 9.09. The van der Waals surface area contributed by atoms with E-state index >= 15 is 0 Å². The fourth-order valence-electron chi connectivity index (χ4n) is 2.29. The fraction of sp³-hybridized carbons (Fsp3) is 1.00. The van der Waals surface area contributed by atoms with Gasteiger partial charge in [-0.05, 0) is 37.5 Å². The zero-order valence-electron chi connectivity index (χ0n) is 8.69. The van der Waals surface area contributed by atoms with Crippen molar-refractivity contribution in [3.63, 3.8) is 0 Å². The van der Waals surface area contributed by atoms with E-state index in [2.05, 4.69) is 22.9 Å². The molecule has 0 nitrogen and oxygen atoms in total. The molecule has 1 aliphatic carbocycles. The molecule has 1 aliphatic rings. The van der Waals surface area contributed by atoms with Gasteiger partial charge in [0.1, 0.15) is 6.17 Å². The lowest BCUT2D eigenvalue weighted by Gasteiger charge is -2.22. The standard InChI is InChI=1S/C11H19BrClF/c1-2-8(7-13)9-3-5-10(12)11(14)6-4-9/h8-11H,2-7H2,1H3/t8-,9?,10?,11+/m0/s1. The van der Waals surface area contributed by atoms with Crippen LogP contribution < -0.4 is 0 Å². The highest BCUT2D eigenvalue weighted by atomic mass is 79.9. The largest absolute Gasteiger partial charge is 0.246 e. The number of halogens is 3. The Labute approximate surface area is 99.7 Å². The van der Waals surface area contributed by atoms with E-state index < -0.39 is 6.17 Å². The summed E-state index contributed by atoms with van der Waals surface area (Å²) >= 11 is 9.34. The molecule has 2 unspecified atom stereocenters. The summed E-state index contributed by atoms with van der Waals surface area (Å²) in [7, 11) is 0. The lowest BCUT2D eigenvalue weighted by Crippen LogP contribution is -2.15. The predicted molar refractivity (Wildman–Crippen MR) is 64.1 cm³/mol. The first-order chi connectivity index (χ1) is 6.69. The Kier molecular flexibility index (Phi) is 5.76. The minimum Gasteiger partial charge on any atom is -0.246 e. The summed E-state index contributed by atoms with van der Waals surface area (Å²) in [5.41, 5.74) is 0. The molecule has 0 amide bonds. The molecule has 0 spiro atoms. The molecular formula is C11H19BrClF. The smallest absolute Gasteiger partial charge is 0.113 e. The summed E-state index contributed by atoms with van der Waals surface area (Å²) in [5, 5.41) is 0. The van der Waals surface area contributed by atoms with Crippen molar-refractivity contribution in [2.45, 2.75) is 50.0 Å². The average molecular weight is 286 g/mol. The van der Waals surface area contributed by atoms with E-state index in [1.807, 2.05) is 0 Å². The van der Waals surface area contributed by atoms with E-state index in [-0.39, 0.29) is 4.83 Å². The number of hydrogen-bond donors (Lipinski definition) is 0. The van der Waals surface area contributed by atoms with Gasteiger partial charge in [0.05, 0.1) is 0 Å². The highest BCUT2D eigenvalue weighted by Gasteiger charge is 2.28. The number of hydrogen-bond acceptors (Lipinski definition) is 0. The molecule has 0 radical (unpaired) electrons. The van der Waals surface area contributed by atoms with Crippen LogP contribution in [-0.4, -0.2) is 16.9 Å². The van der Waals surface area contributed by atoms with Crippen LogP contribution in [0.5, 0.6) is 0 Å². The van der Waals surface area contributed by atoms with Crippen molar-refractivity contribution < 1.29 is 4.39 Å². The molecule has 0 aromatic rings. The zero-order valence-corrected chi connectivity index (χ0v) is 11.0. The van der Waals surface area contributed by atoms with Gasteiger partial charge in [0.2, 0.25) is 0 Å². The molecule has 4 atom stereocenters. The van der Waals surface area contributed by atoms with E-state index in [0.29, 0.717) is 18.3 Å². The van der Waals surface area contributed by atoms with Gasteiger partial charge in [-0.15, -0.1) is 11.6 Å². The lowest BCUT2D eigenvalue weighted by atomic mass is 9.86. The van der Waals surface area contributed by atoms with E-state index in [1.54, 1.807) is 0 Å². The topological polar surface area (TPSA) is 0 Å². The first kappa shape index (κ1) is 12.8. The Morgan fingerprint density at radius 1 is 1.36 bits per heavy atom. The molecule has 84 valence electrons. The maximum atomic E-state index is 13.4. The van der Waals surface area contributed by atoms with Crippen molar-refractivity contribution >= 4 is 27.5 Å². The van der Waals surface area contributed by atoms with Gasteiger partial charge in [-0.1, -0.05) is 29.3 Å². The second-order valence-electron chi connectivity index (χ2n) is 4.27. The summed E-state index contributed by atoms with van der Waals surface area (Å²) in [4.78, 5) is 0.0698. The molecule has 0 heterocycles. The van der Waals surface area contributed by atoms with Crippen LogP contribution in [0.4, 0.5) is 4.39 Å². The second kappa shape index (κ2) is 6.32. The predicted octanol–water partition coefficient (Wildman–Crippen LogP) is 4.54. The molecule has 0 aromatic carbocycles. The molecule has 3 heteroatoms. The Bertz CT molecular complexity index is 149. The SMILES string of the molecule is CC[C@@H](CCl)C1CCC(Br)[C@H](F)CC1. The van der Waals surface area contributed by atoms with Gasteiger partial charge in [-0.3, -0.25) is 0 Å². The van der Waals surface area contributed by atoms with Crippen LogP contribution in [0.3, 0.4) is 0 Å². The minimum atomic E-state index is -0.659. The third-order valence-corrected chi connectivity index (χ3v) is 4.84. The van der Waals surface area contributed by atoms with Gasteiger partial charge in [0.15, 0.2) is 0 Å². The third kappa shape index (κ3) is 3.37. The van der Waals surface area contributed by atoms with Gasteiger partial charge >= 0.3 is 0 Å². The molecule has 1 fully saturated rings. The van der Waals surface area contributed by atoms with Gasteiger partial charge in [0.25, 0.3) is 0 Å². The van der Waals surface area contributed by atoms with Crippen LogP contribution in [0.25, 0.3) is 0 Å². The minimum absolute atomic E-state index is 0.0698. The first-order valence-corrected chi connectivity index (χ1v) is 6.98. The lowest BCUT2D eigenvalue weighted by molar-refractivity contribution is 0.283. The molecule has 0 aromatic heterocycles. The van der Waals surface area contributed by atoms with Gasteiger partial charge in [0, 0.05) is 10.7 Å². The monoisotopic (exact) mass is 284 g/mol. The molecular weight excluding hydrogens is 266 g/mol. The summed E-state index contributed by atoms with van der Waals surface area (Å²) in [6, 6.07) is 0. The van der Waals surface area contributed by atoms with Crippen molar-refractivity contribution in [3.05, 3.63) is 0 Å². The molecule has 0 aliphatic heterocycles. The van der Waals surface area contributed by atoms with E-state index in [0.717, 1.165) is 31.6 Å². The Hall–Kier alpha value is 0.700.